The van der Waals surface area contributed by atoms with Gasteiger partial charge in [-0.1, -0.05) is 36.4 Å². The standard InChI is InChI=1S/C17H13N3/c1-20-16-9-5-4-8-14(16)19-17(20)15-10-12-6-2-3-7-13(12)11-18-15/h2-11H,1H3. The second-order valence-corrected chi connectivity index (χ2v) is 4.90. The van der Waals surface area contributed by atoms with Crippen LogP contribution in [0, 0.1) is 0 Å². The van der Waals surface area contributed by atoms with Crippen LogP contribution in [-0.2, 0) is 7.05 Å². The number of imidazole rings is 1. The molecule has 4 aromatic rings. The van der Waals surface area contributed by atoms with E-state index in [1.807, 2.05) is 43.6 Å². The van der Waals surface area contributed by atoms with E-state index in [0.29, 0.717) is 0 Å². The van der Waals surface area contributed by atoms with E-state index in [-0.39, 0.29) is 0 Å². The maximum atomic E-state index is 4.69. The van der Waals surface area contributed by atoms with E-state index >= 15 is 0 Å². The lowest BCUT2D eigenvalue weighted by molar-refractivity contribution is 0.951. The lowest BCUT2D eigenvalue weighted by Crippen LogP contribution is -1.94. The first kappa shape index (κ1) is 11.2. The van der Waals surface area contributed by atoms with Crippen molar-refractivity contribution in [1.29, 1.82) is 0 Å². The lowest BCUT2D eigenvalue weighted by Gasteiger charge is -2.03. The smallest absolute Gasteiger partial charge is 0.159 e. The topological polar surface area (TPSA) is 30.7 Å². The van der Waals surface area contributed by atoms with Crippen LogP contribution in [0.25, 0.3) is 33.3 Å². The Morgan fingerprint density at radius 1 is 0.900 bits per heavy atom. The minimum absolute atomic E-state index is 0.900. The highest BCUT2D eigenvalue weighted by Crippen LogP contribution is 2.24. The third kappa shape index (κ3) is 1.60. The molecule has 2 aromatic heterocycles. The van der Waals surface area contributed by atoms with Crippen LogP contribution in [0.15, 0.2) is 60.8 Å². The molecule has 0 radical (unpaired) electrons. The average Bonchev–Trinajstić information content (AvgIpc) is 2.84. The van der Waals surface area contributed by atoms with Gasteiger partial charge in [0.05, 0.1) is 11.0 Å². The number of nitrogens with zero attached hydrogens (tertiary/aromatic N) is 3. The number of rotatable bonds is 1. The third-order valence-electron chi connectivity index (χ3n) is 3.65. The van der Waals surface area contributed by atoms with Gasteiger partial charge in [0, 0.05) is 18.6 Å². The van der Waals surface area contributed by atoms with Gasteiger partial charge in [0.25, 0.3) is 0 Å². The fraction of sp³-hybridized carbons (Fsp3) is 0.0588. The van der Waals surface area contributed by atoms with Gasteiger partial charge in [-0.15, -0.1) is 0 Å². The van der Waals surface area contributed by atoms with Crippen molar-refractivity contribution < 1.29 is 0 Å². The van der Waals surface area contributed by atoms with Crippen LogP contribution in [0.1, 0.15) is 0 Å². The van der Waals surface area contributed by atoms with E-state index in [1.54, 1.807) is 0 Å². The quantitative estimate of drug-likeness (QED) is 0.520. The Balaban J connectivity index is 1.98. The van der Waals surface area contributed by atoms with Crippen molar-refractivity contribution in [3.05, 3.63) is 60.8 Å². The Morgan fingerprint density at radius 2 is 1.65 bits per heavy atom. The van der Waals surface area contributed by atoms with Gasteiger partial charge >= 0.3 is 0 Å². The van der Waals surface area contributed by atoms with Gasteiger partial charge in [-0.3, -0.25) is 4.98 Å². The minimum Gasteiger partial charge on any atom is -0.326 e. The van der Waals surface area contributed by atoms with Crippen molar-refractivity contribution in [3.63, 3.8) is 0 Å². The first-order valence-electron chi connectivity index (χ1n) is 6.59. The zero-order valence-corrected chi connectivity index (χ0v) is 11.1. The Morgan fingerprint density at radius 3 is 2.50 bits per heavy atom. The lowest BCUT2D eigenvalue weighted by atomic mass is 10.1. The van der Waals surface area contributed by atoms with Crippen molar-refractivity contribution >= 4 is 21.8 Å². The van der Waals surface area contributed by atoms with E-state index in [0.717, 1.165) is 27.9 Å². The maximum Gasteiger partial charge on any atom is 0.159 e. The van der Waals surface area contributed by atoms with E-state index in [9.17, 15) is 0 Å². The van der Waals surface area contributed by atoms with Crippen LogP contribution >= 0.6 is 0 Å². The second-order valence-electron chi connectivity index (χ2n) is 4.90. The number of fused-ring (bicyclic) bond motifs is 2. The molecule has 0 N–H and O–H groups in total. The van der Waals surface area contributed by atoms with Gasteiger partial charge in [0.2, 0.25) is 0 Å². The highest BCUT2D eigenvalue weighted by atomic mass is 15.1. The van der Waals surface area contributed by atoms with Crippen LogP contribution in [-0.4, -0.2) is 14.5 Å². The maximum absolute atomic E-state index is 4.69. The summed E-state index contributed by atoms with van der Waals surface area (Å²) in [6.45, 7) is 0. The molecule has 0 bridgehead atoms. The molecule has 96 valence electrons. The van der Waals surface area contributed by atoms with E-state index in [2.05, 4.69) is 38.8 Å². The van der Waals surface area contributed by atoms with Gasteiger partial charge in [-0.25, -0.2) is 4.98 Å². The summed E-state index contributed by atoms with van der Waals surface area (Å²) in [6.07, 6.45) is 1.91. The van der Waals surface area contributed by atoms with Crippen LogP contribution in [0.4, 0.5) is 0 Å². The number of aromatic nitrogens is 3. The van der Waals surface area contributed by atoms with Crippen LogP contribution in [0.2, 0.25) is 0 Å². The summed E-state index contributed by atoms with van der Waals surface area (Å²) in [5.41, 5.74) is 3.03. The molecule has 0 saturated heterocycles. The first-order chi connectivity index (χ1) is 9.83. The van der Waals surface area contributed by atoms with Crippen molar-refractivity contribution in [3.8, 4) is 11.5 Å². The van der Waals surface area contributed by atoms with Crippen LogP contribution in [0.5, 0.6) is 0 Å². The summed E-state index contributed by atoms with van der Waals surface area (Å²) >= 11 is 0. The summed E-state index contributed by atoms with van der Waals surface area (Å²) in [6, 6.07) is 18.5. The number of pyridine rings is 1. The largest absolute Gasteiger partial charge is 0.326 e. The summed E-state index contributed by atoms with van der Waals surface area (Å²) in [5.74, 6) is 0.900. The summed E-state index contributed by atoms with van der Waals surface area (Å²) in [5, 5.41) is 2.33. The predicted octanol–water partition coefficient (Wildman–Crippen LogP) is 3.79. The zero-order chi connectivity index (χ0) is 13.5. The molecule has 3 nitrogen and oxygen atoms in total. The highest BCUT2D eigenvalue weighted by molar-refractivity contribution is 5.86. The number of para-hydroxylation sites is 2. The molecular weight excluding hydrogens is 246 g/mol. The SMILES string of the molecule is Cn1c(-c2cc3ccccc3cn2)nc2ccccc21. The molecule has 0 unspecified atom stereocenters. The predicted molar refractivity (Wildman–Crippen MR) is 81.5 cm³/mol. The van der Waals surface area contributed by atoms with Crippen molar-refractivity contribution in [1.82, 2.24) is 14.5 Å². The van der Waals surface area contributed by atoms with E-state index < -0.39 is 0 Å². The molecule has 0 aliphatic rings. The monoisotopic (exact) mass is 259 g/mol. The fourth-order valence-electron chi connectivity index (χ4n) is 2.58. The first-order valence-corrected chi connectivity index (χ1v) is 6.59. The number of benzene rings is 2. The molecule has 0 spiro atoms. The van der Waals surface area contributed by atoms with E-state index in [4.69, 9.17) is 0 Å². The summed E-state index contributed by atoms with van der Waals surface area (Å²) in [4.78, 5) is 9.24. The van der Waals surface area contributed by atoms with Crippen LogP contribution < -0.4 is 0 Å². The molecule has 2 aromatic carbocycles. The molecule has 0 aliphatic heterocycles. The third-order valence-corrected chi connectivity index (χ3v) is 3.65. The molecule has 0 amide bonds. The van der Waals surface area contributed by atoms with Gasteiger partial charge in [0.1, 0.15) is 5.69 Å². The molecule has 0 fully saturated rings. The molecule has 4 rings (SSSR count). The van der Waals surface area contributed by atoms with Crippen molar-refractivity contribution in [2.24, 2.45) is 7.05 Å². The number of hydrogen-bond donors (Lipinski definition) is 0. The molecule has 0 aliphatic carbocycles. The normalized spacial score (nSPS) is 11.2. The summed E-state index contributed by atoms with van der Waals surface area (Å²) < 4.78 is 2.09. The second kappa shape index (κ2) is 4.17. The zero-order valence-electron chi connectivity index (χ0n) is 11.1. The number of hydrogen-bond acceptors (Lipinski definition) is 2. The van der Waals surface area contributed by atoms with Gasteiger partial charge in [0.15, 0.2) is 5.82 Å². The minimum atomic E-state index is 0.900. The Bertz CT molecular complexity index is 922. The average molecular weight is 259 g/mol. The van der Waals surface area contributed by atoms with Crippen molar-refractivity contribution in [2.75, 3.05) is 0 Å². The van der Waals surface area contributed by atoms with Crippen molar-refractivity contribution in [2.45, 2.75) is 0 Å². The number of aryl methyl sites for hydroxylation is 1. The highest BCUT2D eigenvalue weighted by Gasteiger charge is 2.10. The Hall–Kier alpha value is -2.68. The molecule has 0 saturated carbocycles. The van der Waals surface area contributed by atoms with Crippen LogP contribution in [0.3, 0.4) is 0 Å². The Labute approximate surface area is 116 Å². The fourth-order valence-corrected chi connectivity index (χ4v) is 2.58. The summed E-state index contributed by atoms with van der Waals surface area (Å²) in [7, 11) is 2.03. The van der Waals surface area contributed by atoms with Gasteiger partial charge in [-0.2, -0.15) is 0 Å². The molecule has 20 heavy (non-hydrogen) atoms. The van der Waals surface area contributed by atoms with Gasteiger partial charge < -0.3 is 4.57 Å². The van der Waals surface area contributed by atoms with E-state index in [1.165, 1.54) is 5.39 Å². The molecular formula is C17H13N3. The Kier molecular flexibility index (Phi) is 2.33. The van der Waals surface area contributed by atoms with Gasteiger partial charge in [-0.05, 0) is 23.6 Å². The molecule has 3 heteroatoms. The molecule has 0 atom stereocenters. The molecule has 2 heterocycles.